The van der Waals surface area contributed by atoms with E-state index in [0.717, 1.165) is 59.0 Å². The molecule has 4 heterocycles. The van der Waals surface area contributed by atoms with Crippen molar-refractivity contribution in [2.75, 3.05) is 26.5 Å². The van der Waals surface area contributed by atoms with E-state index in [1.54, 1.807) is 39.8 Å². The van der Waals surface area contributed by atoms with E-state index in [1.165, 1.54) is 12.0 Å². The fourth-order valence-electron chi connectivity index (χ4n) is 4.26. The number of esters is 1. The number of unbranched alkanes of at least 4 members (excludes halogenated alkanes) is 1. The van der Waals surface area contributed by atoms with E-state index in [2.05, 4.69) is 22.1 Å². The van der Waals surface area contributed by atoms with Gasteiger partial charge in [0.25, 0.3) is 5.56 Å². The zero-order chi connectivity index (χ0) is 23.8. The fraction of sp³-hybridized carbons (Fsp3) is 0.391. The van der Waals surface area contributed by atoms with E-state index < -0.39 is 0 Å². The van der Waals surface area contributed by atoms with E-state index >= 15 is 0 Å². The molecule has 0 aliphatic carbocycles. The van der Waals surface area contributed by atoms with Crippen LogP contribution in [0.1, 0.15) is 29.7 Å². The Bertz CT molecular complexity index is 1440. The number of likely N-dealkylation sites (N-methyl/N-ethyl adjacent to an activating group) is 1. The van der Waals surface area contributed by atoms with Crippen molar-refractivity contribution in [3.63, 3.8) is 0 Å². The largest absolute Gasteiger partial charge is 0.469 e. The average Bonchev–Trinajstić information content (AvgIpc) is 3.40. The number of nitrogens with zero attached hydrogens (tertiary/aromatic N) is 5. The van der Waals surface area contributed by atoms with Gasteiger partial charge in [-0.25, -0.2) is 8.97 Å². The molecule has 8 nitrogen and oxygen atoms in total. The third kappa shape index (κ3) is 4.24. The van der Waals surface area contributed by atoms with Gasteiger partial charge in [-0.3, -0.25) is 9.59 Å². The number of thiophene rings is 1. The Hall–Kier alpha value is -2.40. The second kappa shape index (κ2) is 9.69. The number of carbonyl (C=O) groups excluding carboxylic acids is 1. The summed E-state index contributed by atoms with van der Waals surface area (Å²) in [5.41, 5.74) is 1.71. The number of benzene rings is 1. The van der Waals surface area contributed by atoms with Crippen LogP contribution in [0, 0.1) is 0 Å². The lowest BCUT2D eigenvalue weighted by molar-refractivity contribution is -0.140. The molecule has 0 bridgehead atoms. The number of methoxy groups -OCH3 is 1. The Morgan fingerprint density at radius 3 is 2.94 bits per heavy atom. The first-order chi connectivity index (χ1) is 16.5. The van der Waals surface area contributed by atoms with Gasteiger partial charge >= 0.3 is 5.97 Å². The summed E-state index contributed by atoms with van der Waals surface area (Å²) >= 11 is 9.50. The van der Waals surface area contributed by atoms with Crippen molar-refractivity contribution in [1.82, 2.24) is 24.1 Å². The standard InChI is InChI=1S/C23H24ClN5O3S2/c1-27-10-9-16-17(13-27)34-21-19(16)20(31)28(15-7-5-6-14(24)12-15)22-25-26-23(29(21)22)33-11-4-3-8-18(30)32-2/h5-7,12H,3-4,8-11,13H2,1-2H3. The van der Waals surface area contributed by atoms with Gasteiger partial charge in [0.1, 0.15) is 4.83 Å². The molecule has 11 heteroatoms. The maximum atomic E-state index is 13.9. The Morgan fingerprint density at radius 2 is 2.15 bits per heavy atom. The van der Waals surface area contributed by atoms with Crippen LogP contribution < -0.4 is 5.56 Å². The molecule has 4 aromatic rings. The molecule has 178 valence electrons. The maximum absolute atomic E-state index is 13.9. The topological polar surface area (TPSA) is 81.7 Å². The third-order valence-electron chi connectivity index (χ3n) is 5.97. The van der Waals surface area contributed by atoms with Gasteiger partial charge in [0, 0.05) is 35.2 Å². The van der Waals surface area contributed by atoms with Crippen LogP contribution in [0.5, 0.6) is 0 Å². The Morgan fingerprint density at radius 1 is 1.29 bits per heavy atom. The zero-order valence-corrected chi connectivity index (χ0v) is 21.3. The zero-order valence-electron chi connectivity index (χ0n) is 18.9. The lowest BCUT2D eigenvalue weighted by Gasteiger charge is -2.21. The highest BCUT2D eigenvalue weighted by atomic mass is 35.5. The van der Waals surface area contributed by atoms with Crippen molar-refractivity contribution in [1.29, 1.82) is 0 Å². The second-order valence-corrected chi connectivity index (χ2v) is 10.9. The highest BCUT2D eigenvalue weighted by molar-refractivity contribution is 7.99. The van der Waals surface area contributed by atoms with Crippen LogP contribution in [0.15, 0.2) is 34.2 Å². The fourth-order valence-corrected chi connectivity index (χ4v) is 6.85. The summed E-state index contributed by atoms with van der Waals surface area (Å²) in [5.74, 6) is 1.06. The minimum Gasteiger partial charge on any atom is -0.469 e. The summed E-state index contributed by atoms with van der Waals surface area (Å²) in [6, 6.07) is 7.25. The van der Waals surface area contributed by atoms with Crippen LogP contribution >= 0.6 is 34.7 Å². The molecule has 0 atom stereocenters. The molecule has 5 rings (SSSR count). The summed E-state index contributed by atoms with van der Waals surface area (Å²) in [4.78, 5) is 29.6. The first-order valence-corrected chi connectivity index (χ1v) is 13.2. The molecule has 1 aromatic carbocycles. The van der Waals surface area contributed by atoms with Crippen LogP contribution in [0.25, 0.3) is 21.7 Å². The van der Waals surface area contributed by atoms with E-state index in [9.17, 15) is 9.59 Å². The molecule has 0 radical (unpaired) electrons. The molecule has 0 fully saturated rings. The number of rotatable bonds is 7. The van der Waals surface area contributed by atoms with E-state index in [-0.39, 0.29) is 11.5 Å². The molecule has 0 saturated heterocycles. The molecule has 3 aromatic heterocycles. The van der Waals surface area contributed by atoms with Crippen LogP contribution in [-0.2, 0) is 22.5 Å². The van der Waals surface area contributed by atoms with Crippen molar-refractivity contribution in [3.8, 4) is 5.69 Å². The van der Waals surface area contributed by atoms with Crippen LogP contribution in [0.4, 0.5) is 0 Å². The Labute approximate surface area is 209 Å². The van der Waals surface area contributed by atoms with Gasteiger partial charge in [-0.1, -0.05) is 29.4 Å². The van der Waals surface area contributed by atoms with E-state index in [4.69, 9.17) is 16.3 Å². The van der Waals surface area contributed by atoms with Crippen molar-refractivity contribution in [2.45, 2.75) is 37.4 Å². The van der Waals surface area contributed by atoms with Gasteiger partial charge in [0.2, 0.25) is 5.78 Å². The molecule has 1 aliphatic heterocycles. The minimum absolute atomic E-state index is 0.0890. The SMILES string of the molecule is COC(=O)CCCCSc1nnc2n(-c3cccc(Cl)c3)c(=O)c3c4c(sc3n12)CN(C)CC4. The van der Waals surface area contributed by atoms with Gasteiger partial charge in [-0.05, 0) is 50.1 Å². The van der Waals surface area contributed by atoms with Crippen molar-refractivity contribution < 1.29 is 9.53 Å². The monoisotopic (exact) mass is 517 g/mol. The van der Waals surface area contributed by atoms with Crippen LogP contribution in [-0.4, -0.2) is 56.5 Å². The first kappa shape index (κ1) is 23.3. The second-order valence-electron chi connectivity index (χ2n) is 8.29. The smallest absolute Gasteiger partial charge is 0.305 e. The number of halogens is 1. The molecule has 34 heavy (non-hydrogen) atoms. The summed E-state index contributed by atoms with van der Waals surface area (Å²) in [5, 5.41) is 10.9. The number of ether oxygens (including phenoxy) is 1. The lowest BCUT2D eigenvalue weighted by Crippen LogP contribution is -2.27. The number of carbonyl (C=O) groups is 1. The highest BCUT2D eigenvalue weighted by Crippen LogP contribution is 2.35. The summed E-state index contributed by atoms with van der Waals surface area (Å²) in [6.45, 7) is 1.74. The Kier molecular flexibility index (Phi) is 6.65. The molecule has 0 spiro atoms. The van der Waals surface area contributed by atoms with Crippen LogP contribution in [0.3, 0.4) is 0 Å². The van der Waals surface area contributed by atoms with E-state index in [0.29, 0.717) is 22.9 Å². The van der Waals surface area contributed by atoms with Gasteiger partial charge in [0.05, 0.1) is 18.2 Å². The van der Waals surface area contributed by atoms with E-state index in [1.807, 2.05) is 16.5 Å². The summed E-state index contributed by atoms with van der Waals surface area (Å²) in [6.07, 6.45) is 2.83. The number of hydrogen-bond donors (Lipinski definition) is 0. The normalized spacial score (nSPS) is 14.1. The molecule has 0 saturated carbocycles. The number of aromatic nitrogens is 4. The molecule has 1 aliphatic rings. The van der Waals surface area contributed by atoms with Gasteiger partial charge in [-0.2, -0.15) is 0 Å². The van der Waals surface area contributed by atoms with Crippen molar-refractivity contribution in [2.24, 2.45) is 0 Å². The van der Waals surface area contributed by atoms with Crippen molar-refractivity contribution >= 4 is 56.7 Å². The predicted octanol–water partition coefficient (Wildman–Crippen LogP) is 4.17. The van der Waals surface area contributed by atoms with Gasteiger partial charge < -0.3 is 9.64 Å². The summed E-state index contributed by atoms with van der Waals surface area (Å²) in [7, 11) is 3.50. The third-order valence-corrected chi connectivity index (χ3v) is 8.42. The summed E-state index contributed by atoms with van der Waals surface area (Å²) < 4.78 is 8.34. The highest BCUT2D eigenvalue weighted by Gasteiger charge is 2.26. The number of fused-ring (bicyclic) bond motifs is 5. The molecular formula is C23H24ClN5O3S2. The first-order valence-electron chi connectivity index (χ1n) is 11.1. The van der Waals surface area contributed by atoms with Gasteiger partial charge in [0.15, 0.2) is 5.16 Å². The lowest BCUT2D eigenvalue weighted by atomic mass is 10.1. The molecule has 0 unspecified atom stereocenters. The average molecular weight is 518 g/mol. The van der Waals surface area contributed by atoms with Gasteiger partial charge in [-0.15, -0.1) is 21.5 Å². The quantitative estimate of drug-likeness (QED) is 0.207. The predicted molar refractivity (Wildman–Crippen MR) is 136 cm³/mol. The minimum atomic E-state index is -0.195. The van der Waals surface area contributed by atoms with Crippen molar-refractivity contribution in [3.05, 3.63) is 50.1 Å². The maximum Gasteiger partial charge on any atom is 0.305 e. The molecular weight excluding hydrogens is 494 g/mol. The Balaban J connectivity index is 1.63. The number of thioether (sulfide) groups is 1. The molecule has 0 amide bonds. The number of hydrogen-bond acceptors (Lipinski definition) is 8. The van der Waals surface area contributed by atoms with Crippen LogP contribution in [0.2, 0.25) is 5.02 Å². The molecule has 0 N–H and O–H groups in total.